The lowest BCUT2D eigenvalue weighted by molar-refractivity contribution is 0.0736. The molecule has 0 bridgehead atoms. The first-order chi connectivity index (χ1) is 11.0. The molecule has 3 rings (SSSR count). The third kappa shape index (κ3) is 3.09. The molecule has 1 unspecified atom stereocenters. The zero-order valence-electron chi connectivity index (χ0n) is 13.2. The summed E-state index contributed by atoms with van der Waals surface area (Å²) in [6, 6.07) is 7.37. The van der Waals surface area contributed by atoms with E-state index in [2.05, 4.69) is 10.1 Å². The summed E-state index contributed by atoms with van der Waals surface area (Å²) >= 11 is 6.28. The Morgan fingerprint density at radius 2 is 2.17 bits per heavy atom. The Bertz CT molecular complexity index is 725. The molecule has 0 radical (unpaired) electrons. The van der Waals surface area contributed by atoms with E-state index in [1.54, 1.807) is 22.7 Å². The number of aromatic nitrogens is 3. The van der Waals surface area contributed by atoms with Crippen LogP contribution >= 0.6 is 11.6 Å². The Morgan fingerprint density at radius 1 is 1.48 bits per heavy atom. The van der Waals surface area contributed by atoms with Crippen LogP contribution in [0.5, 0.6) is 0 Å². The number of likely N-dealkylation sites (N-methyl/N-ethyl adjacent to an activating group) is 1. The van der Waals surface area contributed by atoms with Crippen LogP contribution in [0.3, 0.4) is 0 Å². The van der Waals surface area contributed by atoms with Crippen molar-refractivity contribution in [3.63, 3.8) is 0 Å². The van der Waals surface area contributed by atoms with Crippen LogP contribution in [0.4, 0.5) is 0 Å². The summed E-state index contributed by atoms with van der Waals surface area (Å²) in [5.41, 5.74) is 6.38. The minimum atomic E-state index is -0.226. The Labute approximate surface area is 140 Å². The summed E-state index contributed by atoms with van der Waals surface area (Å²) in [6.07, 6.45) is 2.12. The second kappa shape index (κ2) is 6.29. The molecular weight excluding hydrogens is 314 g/mol. The highest BCUT2D eigenvalue weighted by molar-refractivity contribution is 6.32. The summed E-state index contributed by atoms with van der Waals surface area (Å²) in [5.74, 6) is 1.11. The predicted octanol–water partition coefficient (Wildman–Crippen LogP) is 2.22. The fourth-order valence-corrected chi connectivity index (χ4v) is 2.55. The molecule has 1 fully saturated rings. The first-order valence-corrected chi connectivity index (χ1v) is 8.09. The van der Waals surface area contributed by atoms with Gasteiger partial charge in [-0.3, -0.25) is 4.79 Å². The molecule has 2 N–H and O–H groups in total. The van der Waals surface area contributed by atoms with Crippen LogP contribution in [0.25, 0.3) is 5.69 Å². The van der Waals surface area contributed by atoms with Gasteiger partial charge in [0.2, 0.25) is 5.82 Å². The Morgan fingerprint density at radius 3 is 2.78 bits per heavy atom. The minimum absolute atomic E-state index is 0.0702. The number of benzene rings is 1. The number of carbonyl (C=O) groups is 1. The molecule has 1 aromatic carbocycles. The second-order valence-corrected chi connectivity index (χ2v) is 6.34. The third-order valence-electron chi connectivity index (χ3n) is 4.17. The predicted molar refractivity (Wildman–Crippen MR) is 89.0 cm³/mol. The molecular formula is C16H20ClN5O. The van der Waals surface area contributed by atoms with Crippen molar-refractivity contribution in [3.05, 3.63) is 40.9 Å². The number of hydrogen-bond donors (Lipinski definition) is 1. The largest absolute Gasteiger partial charge is 0.335 e. The van der Waals surface area contributed by atoms with E-state index in [1.807, 2.05) is 25.1 Å². The fraction of sp³-hybridized carbons (Fsp3) is 0.438. The molecule has 1 heterocycles. The van der Waals surface area contributed by atoms with Gasteiger partial charge < -0.3 is 10.6 Å². The van der Waals surface area contributed by atoms with E-state index in [0.717, 1.165) is 24.4 Å². The van der Waals surface area contributed by atoms with E-state index in [4.69, 9.17) is 17.3 Å². The van der Waals surface area contributed by atoms with Gasteiger partial charge in [0.15, 0.2) is 0 Å². The lowest BCUT2D eigenvalue weighted by atomic mass is 10.3. The monoisotopic (exact) mass is 333 g/mol. The summed E-state index contributed by atoms with van der Waals surface area (Å²) in [6.45, 7) is 2.29. The molecule has 1 atom stereocenters. The smallest absolute Gasteiger partial charge is 0.293 e. The van der Waals surface area contributed by atoms with Crippen LogP contribution in [-0.2, 0) is 0 Å². The van der Waals surface area contributed by atoms with Gasteiger partial charge in [0.1, 0.15) is 5.82 Å². The normalized spacial score (nSPS) is 15.5. The van der Waals surface area contributed by atoms with E-state index >= 15 is 0 Å². The van der Waals surface area contributed by atoms with Crippen molar-refractivity contribution in [2.24, 2.45) is 5.73 Å². The second-order valence-electron chi connectivity index (χ2n) is 5.93. The van der Waals surface area contributed by atoms with Gasteiger partial charge in [0, 0.05) is 25.6 Å². The van der Waals surface area contributed by atoms with Crippen LogP contribution in [-0.4, -0.2) is 45.2 Å². The van der Waals surface area contributed by atoms with E-state index in [-0.39, 0.29) is 17.8 Å². The number of rotatable bonds is 5. The standard InChI is InChI=1S/C16H20ClN5O/c1-10(9-18)21(2)16(23)14-19-15(11-7-8-11)22(20-14)13-6-4-3-5-12(13)17/h3-6,10-11H,7-9,18H2,1-2H3. The summed E-state index contributed by atoms with van der Waals surface area (Å²) in [7, 11) is 1.72. The minimum Gasteiger partial charge on any atom is -0.335 e. The maximum Gasteiger partial charge on any atom is 0.293 e. The maximum absolute atomic E-state index is 12.6. The van der Waals surface area contributed by atoms with Gasteiger partial charge in [-0.15, -0.1) is 5.10 Å². The van der Waals surface area contributed by atoms with Crippen molar-refractivity contribution < 1.29 is 4.79 Å². The molecule has 2 aromatic rings. The van der Waals surface area contributed by atoms with Gasteiger partial charge >= 0.3 is 0 Å². The highest BCUT2D eigenvalue weighted by Crippen LogP contribution is 2.40. The topological polar surface area (TPSA) is 77.0 Å². The number of hydrogen-bond acceptors (Lipinski definition) is 4. The number of carbonyl (C=O) groups excluding carboxylic acids is 1. The molecule has 0 saturated heterocycles. The summed E-state index contributed by atoms with van der Waals surface area (Å²) < 4.78 is 1.70. The molecule has 1 aliphatic rings. The van der Waals surface area contributed by atoms with E-state index < -0.39 is 0 Å². The summed E-state index contributed by atoms with van der Waals surface area (Å²) in [4.78, 5) is 18.6. The molecule has 0 aliphatic heterocycles. The van der Waals surface area contributed by atoms with Crippen molar-refractivity contribution in [2.75, 3.05) is 13.6 Å². The molecule has 0 spiro atoms. The van der Waals surface area contributed by atoms with Crippen LogP contribution in [0.1, 0.15) is 42.1 Å². The van der Waals surface area contributed by atoms with Crippen LogP contribution in [0, 0.1) is 0 Å². The number of amides is 1. The van der Waals surface area contributed by atoms with Crippen molar-refractivity contribution in [1.82, 2.24) is 19.7 Å². The average Bonchev–Trinajstić information content (AvgIpc) is 3.32. The molecule has 7 heteroatoms. The van der Waals surface area contributed by atoms with E-state index in [0.29, 0.717) is 17.5 Å². The summed E-state index contributed by atoms with van der Waals surface area (Å²) in [5, 5.41) is 5.01. The molecule has 6 nitrogen and oxygen atoms in total. The van der Waals surface area contributed by atoms with Crippen LogP contribution in [0.2, 0.25) is 5.02 Å². The molecule has 1 saturated carbocycles. The highest BCUT2D eigenvalue weighted by Gasteiger charge is 2.32. The Balaban J connectivity index is 2.00. The van der Waals surface area contributed by atoms with Gasteiger partial charge in [-0.1, -0.05) is 23.7 Å². The molecule has 1 amide bonds. The van der Waals surface area contributed by atoms with E-state index in [9.17, 15) is 4.79 Å². The van der Waals surface area contributed by atoms with Crippen molar-refractivity contribution in [1.29, 1.82) is 0 Å². The van der Waals surface area contributed by atoms with Gasteiger partial charge in [-0.25, -0.2) is 9.67 Å². The Kier molecular flexibility index (Phi) is 4.37. The number of halogens is 1. The number of nitrogens with zero attached hydrogens (tertiary/aromatic N) is 4. The quantitative estimate of drug-likeness (QED) is 0.910. The van der Waals surface area contributed by atoms with Gasteiger partial charge in [-0.2, -0.15) is 0 Å². The molecule has 1 aromatic heterocycles. The maximum atomic E-state index is 12.6. The van der Waals surface area contributed by atoms with Crippen molar-refractivity contribution in [2.45, 2.75) is 31.7 Å². The van der Waals surface area contributed by atoms with Crippen molar-refractivity contribution >= 4 is 17.5 Å². The highest BCUT2D eigenvalue weighted by atomic mass is 35.5. The van der Waals surface area contributed by atoms with Crippen LogP contribution in [0.15, 0.2) is 24.3 Å². The SMILES string of the molecule is CC(CN)N(C)C(=O)c1nc(C2CC2)n(-c2ccccc2Cl)n1. The average molecular weight is 334 g/mol. The molecule has 23 heavy (non-hydrogen) atoms. The molecule has 1 aliphatic carbocycles. The third-order valence-corrected chi connectivity index (χ3v) is 4.49. The first kappa shape index (κ1) is 16.0. The Hall–Kier alpha value is -1.92. The lowest BCUT2D eigenvalue weighted by Crippen LogP contribution is -2.40. The van der Waals surface area contributed by atoms with Gasteiger partial charge in [-0.05, 0) is 31.9 Å². The fourth-order valence-electron chi connectivity index (χ4n) is 2.34. The number of para-hydroxylation sites is 1. The van der Waals surface area contributed by atoms with E-state index in [1.165, 1.54) is 0 Å². The number of nitrogens with two attached hydrogens (primary N) is 1. The first-order valence-electron chi connectivity index (χ1n) is 7.72. The molecule has 122 valence electrons. The zero-order chi connectivity index (χ0) is 16.6. The van der Waals surface area contributed by atoms with Gasteiger partial charge in [0.05, 0.1) is 10.7 Å². The van der Waals surface area contributed by atoms with Crippen LogP contribution < -0.4 is 5.73 Å². The lowest BCUT2D eigenvalue weighted by Gasteiger charge is -2.21. The van der Waals surface area contributed by atoms with Crippen molar-refractivity contribution in [3.8, 4) is 5.69 Å². The van der Waals surface area contributed by atoms with Gasteiger partial charge in [0.25, 0.3) is 5.91 Å². The zero-order valence-corrected chi connectivity index (χ0v) is 14.0.